The lowest BCUT2D eigenvalue weighted by molar-refractivity contribution is 0.218. The molecule has 0 amide bonds. The summed E-state index contributed by atoms with van der Waals surface area (Å²) in [5.74, 6) is 0.164. The fourth-order valence-corrected chi connectivity index (χ4v) is 2.75. The lowest BCUT2D eigenvalue weighted by Crippen LogP contribution is -2.54. The largest absolute Gasteiger partial charge is 0.392 e. The highest BCUT2D eigenvalue weighted by Gasteiger charge is 2.25. The van der Waals surface area contributed by atoms with Crippen molar-refractivity contribution >= 4 is 23.2 Å². The maximum atomic E-state index is 12.8. The molecule has 5 nitrogen and oxygen atoms in total. The molecule has 1 fully saturated rings. The zero-order chi connectivity index (χ0) is 14.5. The predicted octanol–water partition coefficient (Wildman–Crippen LogP) is 1.19. The minimum atomic E-state index is -0.413. The van der Waals surface area contributed by atoms with Gasteiger partial charge in [-0.15, -0.1) is 0 Å². The Kier molecular flexibility index (Phi) is 5.19. The van der Waals surface area contributed by atoms with E-state index in [-0.39, 0.29) is 6.04 Å². The molecule has 0 aromatic carbocycles. The van der Waals surface area contributed by atoms with Crippen LogP contribution < -0.4 is 10.6 Å². The molecule has 0 spiro atoms. The third-order valence-electron chi connectivity index (χ3n) is 3.54. The Morgan fingerprint density at radius 1 is 1.35 bits per heavy atom. The minimum absolute atomic E-state index is 0.172. The van der Waals surface area contributed by atoms with Gasteiger partial charge in [0.05, 0.1) is 23.4 Å². The molecule has 1 aliphatic rings. The summed E-state index contributed by atoms with van der Waals surface area (Å²) >= 11 is 5.16. The predicted molar refractivity (Wildman–Crippen MR) is 81.3 cm³/mol. The van der Waals surface area contributed by atoms with Gasteiger partial charge in [0, 0.05) is 26.2 Å². The number of aromatic nitrogens is 2. The number of hydrogen-bond donors (Lipinski definition) is 1. The van der Waals surface area contributed by atoms with E-state index in [9.17, 15) is 4.39 Å². The Balaban J connectivity index is 1.94. The van der Waals surface area contributed by atoms with Crippen LogP contribution in [0.15, 0.2) is 12.4 Å². The molecule has 1 aromatic heterocycles. The molecular weight excluding hydrogens is 277 g/mol. The lowest BCUT2D eigenvalue weighted by Gasteiger charge is -2.38. The minimum Gasteiger partial charge on any atom is -0.392 e. The normalized spacial score (nSPS) is 18.0. The highest BCUT2D eigenvalue weighted by atomic mass is 32.1. The zero-order valence-corrected chi connectivity index (χ0v) is 12.4. The van der Waals surface area contributed by atoms with Gasteiger partial charge in [0.25, 0.3) is 0 Å². The van der Waals surface area contributed by atoms with E-state index in [0.717, 1.165) is 39.0 Å². The average Bonchev–Trinajstić information content (AvgIpc) is 2.45. The van der Waals surface area contributed by atoms with Crippen LogP contribution in [-0.2, 0) is 0 Å². The fourth-order valence-electron chi connectivity index (χ4n) is 2.48. The van der Waals surface area contributed by atoms with Crippen LogP contribution in [-0.4, -0.2) is 52.1 Å². The van der Waals surface area contributed by atoms with E-state index in [2.05, 4.69) is 26.7 Å². The van der Waals surface area contributed by atoms with Crippen molar-refractivity contribution in [3.8, 4) is 0 Å². The molecule has 1 unspecified atom stereocenters. The second kappa shape index (κ2) is 6.90. The highest BCUT2D eigenvalue weighted by molar-refractivity contribution is 7.80. The summed E-state index contributed by atoms with van der Waals surface area (Å²) in [7, 11) is 0. The van der Waals surface area contributed by atoms with Gasteiger partial charge >= 0.3 is 0 Å². The molecule has 0 aliphatic carbocycles. The summed E-state index contributed by atoms with van der Waals surface area (Å²) in [6, 6.07) is 0.172. The van der Waals surface area contributed by atoms with Crippen LogP contribution in [0.3, 0.4) is 0 Å². The number of thiocarbonyl (C=S) groups is 1. The molecule has 2 N–H and O–H groups in total. The molecule has 0 bridgehead atoms. The molecule has 1 aliphatic heterocycles. The smallest absolute Gasteiger partial charge is 0.225 e. The quantitative estimate of drug-likeness (QED) is 0.824. The van der Waals surface area contributed by atoms with E-state index in [4.69, 9.17) is 18.0 Å². The van der Waals surface area contributed by atoms with Crippen LogP contribution in [0, 0.1) is 5.82 Å². The summed E-state index contributed by atoms with van der Waals surface area (Å²) in [5.41, 5.74) is 5.83. The van der Waals surface area contributed by atoms with Gasteiger partial charge in [-0.2, -0.15) is 0 Å². The standard InChI is InChI=1S/C13H20FN5S/c1-2-3-11(12(15)20)18-4-6-19(7-5-18)13-16-8-10(14)9-17-13/h8-9,11H,2-7H2,1H3,(H2,15,20). The number of anilines is 1. The van der Waals surface area contributed by atoms with Crippen LogP contribution >= 0.6 is 12.2 Å². The lowest BCUT2D eigenvalue weighted by atomic mass is 10.1. The number of hydrogen-bond acceptors (Lipinski definition) is 5. The van der Waals surface area contributed by atoms with Crippen molar-refractivity contribution < 1.29 is 4.39 Å². The summed E-state index contributed by atoms with van der Waals surface area (Å²) in [6.45, 7) is 5.46. The summed E-state index contributed by atoms with van der Waals surface area (Å²) in [4.78, 5) is 13.0. The molecular formula is C13H20FN5S. The summed E-state index contributed by atoms with van der Waals surface area (Å²) in [5, 5.41) is 0. The Morgan fingerprint density at radius 2 is 1.95 bits per heavy atom. The second-order valence-electron chi connectivity index (χ2n) is 4.93. The molecule has 2 rings (SSSR count). The topological polar surface area (TPSA) is 58.3 Å². The van der Waals surface area contributed by atoms with E-state index in [1.807, 2.05) is 0 Å². The van der Waals surface area contributed by atoms with Gasteiger partial charge in [0.15, 0.2) is 5.82 Å². The number of piperazine rings is 1. The van der Waals surface area contributed by atoms with Crippen molar-refractivity contribution in [2.45, 2.75) is 25.8 Å². The molecule has 20 heavy (non-hydrogen) atoms. The number of rotatable bonds is 5. The Labute approximate surface area is 124 Å². The van der Waals surface area contributed by atoms with Crippen LogP contribution in [0.4, 0.5) is 10.3 Å². The van der Waals surface area contributed by atoms with Gasteiger partial charge < -0.3 is 10.6 Å². The number of nitrogens with two attached hydrogens (primary N) is 1. The van der Waals surface area contributed by atoms with E-state index in [0.29, 0.717) is 10.9 Å². The number of nitrogens with zero attached hydrogens (tertiary/aromatic N) is 4. The van der Waals surface area contributed by atoms with Gasteiger partial charge in [-0.3, -0.25) is 4.90 Å². The molecule has 1 atom stereocenters. The van der Waals surface area contributed by atoms with Gasteiger partial charge in [-0.1, -0.05) is 25.6 Å². The van der Waals surface area contributed by atoms with E-state index in [1.165, 1.54) is 12.4 Å². The average molecular weight is 297 g/mol. The second-order valence-corrected chi connectivity index (χ2v) is 5.40. The Hall–Kier alpha value is -1.34. The Morgan fingerprint density at radius 3 is 2.45 bits per heavy atom. The molecule has 2 heterocycles. The van der Waals surface area contributed by atoms with Gasteiger partial charge in [-0.25, -0.2) is 14.4 Å². The van der Waals surface area contributed by atoms with Crippen molar-refractivity contribution in [2.24, 2.45) is 5.73 Å². The SMILES string of the molecule is CCCC(C(N)=S)N1CCN(c2ncc(F)cn2)CC1. The maximum absolute atomic E-state index is 12.8. The van der Waals surface area contributed by atoms with Crippen molar-refractivity contribution in [2.75, 3.05) is 31.1 Å². The van der Waals surface area contributed by atoms with Crippen molar-refractivity contribution in [1.82, 2.24) is 14.9 Å². The molecule has 0 radical (unpaired) electrons. The molecule has 0 saturated carbocycles. The Bertz CT molecular complexity index is 445. The van der Waals surface area contributed by atoms with E-state index in [1.54, 1.807) is 0 Å². The van der Waals surface area contributed by atoms with Crippen molar-refractivity contribution in [1.29, 1.82) is 0 Å². The first-order valence-corrected chi connectivity index (χ1v) is 7.28. The van der Waals surface area contributed by atoms with Gasteiger partial charge in [0.1, 0.15) is 0 Å². The fraction of sp³-hybridized carbons (Fsp3) is 0.615. The third-order valence-corrected chi connectivity index (χ3v) is 3.81. The molecule has 7 heteroatoms. The van der Waals surface area contributed by atoms with E-state index < -0.39 is 5.82 Å². The first kappa shape index (κ1) is 15.1. The van der Waals surface area contributed by atoms with Crippen molar-refractivity contribution in [3.63, 3.8) is 0 Å². The van der Waals surface area contributed by atoms with Gasteiger partial charge in [-0.05, 0) is 6.42 Å². The van der Waals surface area contributed by atoms with Crippen LogP contribution in [0.1, 0.15) is 19.8 Å². The zero-order valence-electron chi connectivity index (χ0n) is 11.6. The first-order valence-electron chi connectivity index (χ1n) is 6.87. The highest BCUT2D eigenvalue weighted by Crippen LogP contribution is 2.15. The van der Waals surface area contributed by atoms with Crippen LogP contribution in [0.2, 0.25) is 0 Å². The molecule has 110 valence electrons. The number of halogens is 1. The summed E-state index contributed by atoms with van der Waals surface area (Å²) < 4.78 is 12.8. The van der Waals surface area contributed by atoms with Crippen LogP contribution in [0.5, 0.6) is 0 Å². The van der Waals surface area contributed by atoms with Crippen molar-refractivity contribution in [3.05, 3.63) is 18.2 Å². The van der Waals surface area contributed by atoms with Gasteiger partial charge in [0.2, 0.25) is 5.95 Å². The third kappa shape index (κ3) is 3.61. The van der Waals surface area contributed by atoms with E-state index >= 15 is 0 Å². The first-order chi connectivity index (χ1) is 9.61. The summed E-state index contributed by atoms with van der Waals surface area (Å²) in [6.07, 6.45) is 4.44. The molecule has 1 aromatic rings. The maximum Gasteiger partial charge on any atom is 0.225 e. The van der Waals surface area contributed by atoms with Crippen LogP contribution in [0.25, 0.3) is 0 Å². The monoisotopic (exact) mass is 297 g/mol. The molecule has 1 saturated heterocycles.